The minimum atomic E-state index is -1.47. The minimum absolute atomic E-state index is 0.0801. The van der Waals surface area contributed by atoms with E-state index in [1.54, 1.807) is 18.2 Å². The van der Waals surface area contributed by atoms with E-state index in [0.29, 0.717) is 21.2 Å². The number of hydrogen-bond donors (Lipinski definition) is 2. The molecule has 10 heteroatoms. The molecule has 0 unspecified atom stereocenters. The first kappa shape index (κ1) is 22.3. The highest BCUT2D eigenvalue weighted by Crippen LogP contribution is 2.38. The Morgan fingerprint density at radius 2 is 1.55 bits per heavy atom. The molecule has 4 rings (SSSR count). The molecule has 33 heavy (non-hydrogen) atoms. The van der Waals surface area contributed by atoms with Gasteiger partial charge in [0.05, 0.1) is 29.5 Å². The zero-order valence-corrected chi connectivity index (χ0v) is 18.3. The molecule has 1 aliphatic heterocycles. The summed E-state index contributed by atoms with van der Waals surface area (Å²) in [6.07, 6.45) is 0. The van der Waals surface area contributed by atoms with Gasteiger partial charge in [0.15, 0.2) is 0 Å². The number of fused-ring (bicyclic) bond motifs is 1. The Morgan fingerprint density at radius 3 is 2.15 bits per heavy atom. The van der Waals surface area contributed by atoms with E-state index in [4.69, 9.17) is 27.9 Å². The number of anilines is 1. The lowest BCUT2D eigenvalue weighted by Crippen LogP contribution is -2.31. The average molecular weight is 486 g/mol. The van der Waals surface area contributed by atoms with E-state index >= 15 is 0 Å². The molecule has 2 amide bonds. The number of hydrogen-bond acceptors (Lipinski definition) is 6. The number of carbonyl (C=O) groups is 4. The lowest BCUT2D eigenvalue weighted by molar-refractivity contribution is 0.0600. The molecule has 3 aromatic rings. The van der Waals surface area contributed by atoms with E-state index in [0.717, 1.165) is 24.1 Å². The molecule has 0 fully saturated rings. The van der Waals surface area contributed by atoms with Gasteiger partial charge in [-0.1, -0.05) is 35.3 Å². The molecule has 1 aliphatic rings. The molecule has 1 heterocycles. The van der Waals surface area contributed by atoms with Crippen molar-refractivity contribution in [2.75, 3.05) is 12.0 Å². The second-order valence-corrected chi connectivity index (χ2v) is 7.86. The first-order valence-electron chi connectivity index (χ1n) is 9.31. The van der Waals surface area contributed by atoms with Crippen molar-refractivity contribution in [1.29, 1.82) is 0 Å². The summed E-state index contributed by atoms with van der Waals surface area (Å²) in [5.41, 5.74) is -0.122. The number of nitrogens with zero attached hydrogens (tertiary/aromatic N) is 1. The molecule has 0 aromatic heterocycles. The SMILES string of the molecule is COC(=O)c1ccc(-c2ccc(Cl)cc2Cl)cc1N1C(=O)c2cc(O)c(C(=O)O)cc2C1=O. The third-order valence-corrected chi connectivity index (χ3v) is 5.67. The van der Waals surface area contributed by atoms with E-state index in [9.17, 15) is 29.4 Å². The summed E-state index contributed by atoms with van der Waals surface area (Å²) in [6, 6.07) is 11.0. The molecule has 166 valence electrons. The highest BCUT2D eigenvalue weighted by molar-refractivity contribution is 6.37. The zero-order valence-electron chi connectivity index (χ0n) is 16.8. The summed E-state index contributed by atoms with van der Waals surface area (Å²) in [7, 11) is 1.15. The van der Waals surface area contributed by atoms with Gasteiger partial charge < -0.3 is 14.9 Å². The number of ether oxygens (including phenoxy) is 1. The molecule has 8 nitrogen and oxygen atoms in total. The highest BCUT2D eigenvalue weighted by Gasteiger charge is 2.40. The Kier molecular flexibility index (Phi) is 5.57. The summed E-state index contributed by atoms with van der Waals surface area (Å²) in [5, 5.41) is 19.9. The van der Waals surface area contributed by atoms with Crippen molar-refractivity contribution in [1.82, 2.24) is 0 Å². The maximum Gasteiger partial charge on any atom is 0.339 e. The Balaban J connectivity index is 1.91. The smallest absolute Gasteiger partial charge is 0.339 e. The van der Waals surface area contributed by atoms with Gasteiger partial charge in [0.25, 0.3) is 11.8 Å². The Hall–Kier alpha value is -3.88. The van der Waals surface area contributed by atoms with Crippen molar-refractivity contribution in [3.63, 3.8) is 0 Å². The van der Waals surface area contributed by atoms with E-state index in [-0.39, 0.29) is 22.4 Å². The molecule has 0 radical (unpaired) electrons. The fourth-order valence-corrected chi connectivity index (χ4v) is 4.07. The Morgan fingerprint density at radius 1 is 0.879 bits per heavy atom. The van der Waals surface area contributed by atoms with Crippen LogP contribution in [0.2, 0.25) is 10.0 Å². The van der Waals surface area contributed by atoms with E-state index in [1.807, 2.05) is 0 Å². The number of esters is 1. The number of carbonyl (C=O) groups excluding carboxylic acids is 3. The topological polar surface area (TPSA) is 121 Å². The van der Waals surface area contributed by atoms with Gasteiger partial charge in [0.1, 0.15) is 11.3 Å². The van der Waals surface area contributed by atoms with Crippen LogP contribution >= 0.6 is 23.2 Å². The lowest BCUT2D eigenvalue weighted by atomic mass is 10.0. The van der Waals surface area contributed by atoms with Gasteiger partial charge in [-0.15, -0.1) is 0 Å². The van der Waals surface area contributed by atoms with Crippen molar-refractivity contribution >= 4 is 52.6 Å². The minimum Gasteiger partial charge on any atom is -0.507 e. The highest BCUT2D eigenvalue weighted by atomic mass is 35.5. The maximum atomic E-state index is 13.2. The molecular weight excluding hydrogens is 473 g/mol. The predicted octanol–water partition coefficient (Wildman–Crippen LogP) is 4.65. The normalized spacial score (nSPS) is 12.6. The van der Waals surface area contributed by atoms with Crippen LogP contribution in [0.1, 0.15) is 41.4 Å². The number of aromatic hydroxyl groups is 1. The molecule has 0 aliphatic carbocycles. The molecular formula is C23H13Cl2NO7. The van der Waals surface area contributed by atoms with Gasteiger partial charge in [-0.3, -0.25) is 9.59 Å². The summed E-state index contributed by atoms with van der Waals surface area (Å²) in [6.45, 7) is 0. The Labute approximate surface area is 196 Å². The number of methoxy groups -OCH3 is 1. The molecule has 3 aromatic carbocycles. The fourth-order valence-electron chi connectivity index (χ4n) is 3.56. The number of carboxylic acid groups (broad SMARTS) is 1. The van der Waals surface area contributed by atoms with Gasteiger partial charge in [0.2, 0.25) is 0 Å². The van der Waals surface area contributed by atoms with Crippen molar-refractivity contribution in [2.24, 2.45) is 0 Å². The van der Waals surface area contributed by atoms with Gasteiger partial charge in [-0.05, 0) is 42.0 Å². The molecule has 0 bridgehead atoms. The van der Waals surface area contributed by atoms with Gasteiger partial charge in [0, 0.05) is 15.6 Å². The molecule has 0 atom stereocenters. The quantitative estimate of drug-likeness (QED) is 0.407. The monoisotopic (exact) mass is 485 g/mol. The zero-order chi connectivity index (χ0) is 24.0. The average Bonchev–Trinajstić information content (AvgIpc) is 3.01. The van der Waals surface area contributed by atoms with Crippen LogP contribution in [-0.4, -0.2) is 41.1 Å². The van der Waals surface area contributed by atoms with Crippen LogP contribution in [0, 0.1) is 0 Å². The van der Waals surface area contributed by atoms with E-state index < -0.39 is 35.1 Å². The van der Waals surface area contributed by atoms with Gasteiger partial charge >= 0.3 is 11.9 Å². The van der Waals surface area contributed by atoms with Gasteiger partial charge in [-0.25, -0.2) is 14.5 Å². The van der Waals surface area contributed by atoms with Crippen LogP contribution in [0.15, 0.2) is 48.5 Å². The lowest BCUT2D eigenvalue weighted by Gasteiger charge is -2.19. The second-order valence-electron chi connectivity index (χ2n) is 7.01. The third kappa shape index (κ3) is 3.69. The summed E-state index contributed by atoms with van der Waals surface area (Å²) < 4.78 is 4.79. The number of carboxylic acids is 1. The molecule has 0 spiro atoms. The molecule has 2 N–H and O–H groups in total. The number of aromatic carboxylic acids is 1. The van der Waals surface area contributed by atoms with Crippen molar-refractivity contribution < 1.29 is 34.1 Å². The van der Waals surface area contributed by atoms with Gasteiger partial charge in [-0.2, -0.15) is 0 Å². The number of phenols is 1. The number of rotatable bonds is 4. The summed E-state index contributed by atoms with van der Waals surface area (Å²) >= 11 is 12.3. The molecule has 0 saturated heterocycles. The Bertz CT molecular complexity index is 1380. The number of imide groups is 1. The van der Waals surface area contributed by atoms with Crippen molar-refractivity contribution in [3.05, 3.63) is 80.8 Å². The maximum absolute atomic E-state index is 13.2. The standard InChI is InChI=1S/C23H13Cl2NO7/c1-33-23(32)13-4-2-10(12-5-3-11(24)7-17(12)25)6-18(13)26-20(28)14-8-16(22(30)31)19(27)9-15(14)21(26)29/h2-9,27H,1H3,(H,30,31). The molecule has 0 saturated carbocycles. The van der Waals surface area contributed by atoms with Crippen LogP contribution < -0.4 is 4.90 Å². The summed E-state index contributed by atoms with van der Waals surface area (Å²) in [5.74, 6) is -4.64. The fraction of sp³-hybridized carbons (Fsp3) is 0.0435. The van der Waals surface area contributed by atoms with E-state index in [1.165, 1.54) is 18.2 Å². The van der Waals surface area contributed by atoms with Crippen LogP contribution in [0.5, 0.6) is 5.75 Å². The predicted molar refractivity (Wildman–Crippen MR) is 119 cm³/mol. The van der Waals surface area contributed by atoms with Crippen molar-refractivity contribution in [3.8, 4) is 16.9 Å². The summed E-state index contributed by atoms with van der Waals surface area (Å²) in [4.78, 5) is 50.7. The number of amides is 2. The van der Waals surface area contributed by atoms with Crippen LogP contribution in [-0.2, 0) is 4.74 Å². The van der Waals surface area contributed by atoms with Crippen LogP contribution in [0.3, 0.4) is 0 Å². The number of benzene rings is 3. The van der Waals surface area contributed by atoms with E-state index in [2.05, 4.69) is 0 Å². The first-order valence-corrected chi connectivity index (χ1v) is 10.1. The third-order valence-electron chi connectivity index (χ3n) is 5.12. The van der Waals surface area contributed by atoms with Crippen LogP contribution in [0.25, 0.3) is 11.1 Å². The second kappa shape index (κ2) is 8.23. The van der Waals surface area contributed by atoms with Crippen LogP contribution in [0.4, 0.5) is 5.69 Å². The number of halogens is 2. The van der Waals surface area contributed by atoms with Crippen molar-refractivity contribution in [2.45, 2.75) is 0 Å². The largest absolute Gasteiger partial charge is 0.507 e. The first-order chi connectivity index (χ1) is 15.6.